The van der Waals surface area contributed by atoms with Gasteiger partial charge in [0.1, 0.15) is 11.2 Å². The number of carbonyl (C=O) groups excluding carboxylic acids is 2. The fourth-order valence-corrected chi connectivity index (χ4v) is 2.55. The molecule has 0 aromatic heterocycles. The second-order valence-electron chi connectivity index (χ2n) is 8.56. The molecule has 156 valence electrons. The van der Waals surface area contributed by atoms with Crippen LogP contribution < -0.4 is 0 Å². The predicted octanol–water partition coefficient (Wildman–Crippen LogP) is 5.11. The van der Waals surface area contributed by atoms with Crippen LogP contribution in [0.3, 0.4) is 0 Å². The fourth-order valence-electron chi connectivity index (χ4n) is 2.55. The minimum absolute atomic E-state index is 0.109. The lowest BCUT2D eigenvalue weighted by atomic mass is 10.0. The number of hydrogen-bond acceptors (Lipinski definition) is 4. The van der Waals surface area contributed by atoms with E-state index in [1.54, 1.807) is 41.5 Å². The van der Waals surface area contributed by atoms with Crippen molar-refractivity contribution < 1.29 is 32.2 Å². The van der Waals surface area contributed by atoms with Gasteiger partial charge in [0.15, 0.2) is 0 Å². The Labute approximate surface area is 162 Å². The molecule has 0 spiro atoms. The lowest BCUT2D eigenvalue weighted by molar-refractivity contribution is -0.137. The number of hydrazine groups is 1. The molecule has 0 N–H and O–H groups in total. The van der Waals surface area contributed by atoms with Crippen molar-refractivity contribution in [1.29, 1.82) is 0 Å². The van der Waals surface area contributed by atoms with E-state index >= 15 is 0 Å². The van der Waals surface area contributed by atoms with E-state index in [-0.39, 0.29) is 13.1 Å². The summed E-state index contributed by atoms with van der Waals surface area (Å²) in [6.07, 6.45) is -6.14. The van der Waals surface area contributed by atoms with Crippen LogP contribution in [0.2, 0.25) is 0 Å². The molecular formula is C19H25F3N2O4. The molecule has 2 amide bonds. The van der Waals surface area contributed by atoms with Crippen LogP contribution in [0.4, 0.5) is 22.8 Å². The minimum Gasteiger partial charge on any atom is -0.442 e. The van der Waals surface area contributed by atoms with Crippen LogP contribution in [0.15, 0.2) is 18.2 Å². The number of ether oxygens (including phenoxy) is 2. The van der Waals surface area contributed by atoms with Gasteiger partial charge < -0.3 is 9.47 Å². The molecule has 0 saturated heterocycles. The first-order valence-corrected chi connectivity index (χ1v) is 8.77. The molecule has 6 nitrogen and oxygen atoms in total. The van der Waals surface area contributed by atoms with Gasteiger partial charge in [-0.25, -0.2) is 19.6 Å². The number of alkyl halides is 3. The summed E-state index contributed by atoms with van der Waals surface area (Å²) in [4.78, 5) is 25.2. The van der Waals surface area contributed by atoms with Crippen LogP contribution >= 0.6 is 0 Å². The topological polar surface area (TPSA) is 59.1 Å². The fraction of sp³-hybridized carbons (Fsp3) is 0.579. The third-order valence-corrected chi connectivity index (χ3v) is 3.67. The first-order valence-electron chi connectivity index (χ1n) is 8.77. The Morgan fingerprint density at radius 1 is 0.821 bits per heavy atom. The molecule has 0 saturated carbocycles. The summed E-state index contributed by atoms with van der Waals surface area (Å²) in [6, 6.07) is 3.25. The molecule has 0 unspecified atom stereocenters. The third-order valence-electron chi connectivity index (χ3n) is 3.67. The molecule has 2 rings (SSSR count). The lowest BCUT2D eigenvalue weighted by Crippen LogP contribution is -2.53. The SMILES string of the molecule is CC(C)(C)OC(=O)N1Cc2ccc(C(F)(F)F)cc2CN1C(=O)OC(C)(C)C. The Morgan fingerprint density at radius 2 is 1.25 bits per heavy atom. The van der Waals surface area contributed by atoms with E-state index in [0.29, 0.717) is 11.1 Å². The molecule has 0 fully saturated rings. The predicted molar refractivity (Wildman–Crippen MR) is 95.0 cm³/mol. The lowest BCUT2D eigenvalue weighted by Gasteiger charge is -2.40. The molecule has 1 aliphatic rings. The largest absolute Gasteiger partial charge is 0.442 e. The van der Waals surface area contributed by atoms with Crippen LogP contribution in [0.5, 0.6) is 0 Å². The molecule has 0 bridgehead atoms. The zero-order chi connectivity index (χ0) is 21.5. The second kappa shape index (κ2) is 7.18. The van der Waals surface area contributed by atoms with Crippen molar-refractivity contribution in [2.24, 2.45) is 0 Å². The first kappa shape index (κ1) is 21.8. The maximum Gasteiger partial charge on any atom is 0.429 e. The number of benzene rings is 1. The Hall–Kier alpha value is -2.45. The molecule has 1 aromatic carbocycles. The van der Waals surface area contributed by atoms with E-state index in [1.165, 1.54) is 6.07 Å². The maximum atomic E-state index is 13.0. The smallest absolute Gasteiger partial charge is 0.429 e. The van der Waals surface area contributed by atoms with E-state index in [2.05, 4.69) is 0 Å². The van der Waals surface area contributed by atoms with Crippen LogP contribution in [0.25, 0.3) is 0 Å². The number of carbonyl (C=O) groups is 2. The number of amides is 2. The number of halogens is 3. The standard InChI is InChI=1S/C19H25F3N2O4/c1-17(2,3)27-15(25)23-10-12-7-8-14(19(20,21)22)9-13(12)11-24(23)16(26)28-18(4,5)6/h7-9H,10-11H2,1-6H3. The molecule has 0 atom stereocenters. The van der Waals surface area contributed by atoms with E-state index in [0.717, 1.165) is 22.2 Å². The highest BCUT2D eigenvalue weighted by molar-refractivity contribution is 5.75. The summed E-state index contributed by atoms with van der Waals surface area (Å²) >= 11 is 0. The van der Waals surface area contributed by atoms with Crippen LogP contribution in [-0.4, -0.2) is 33.4 Å². The highest BCUT2D eigenvalue weighted by Crippen LogP contribution is 2.33. The molecule has 1 aliphatic heterocycles. The monoisotopic (exact) mass is 402 g/mol. The molecule has 0 aliphatic carbocycles. The van der Waals surface area contributed by atoms with Gasteiger partial charge in [-0.15, -0.1) is 0 Å². The van der Waals surface area contributed by atoms with Gasteiger partial charge in [-0.05, 0) is 64.8 Å². The van der Waals surface area contributed by atoms with Crippen LogP contribution in [0, 0.1) is 0 Å². The van der Waals surface area contributed by atoms with Gasteiger partial charge in [-0.3, -0.25) is 0 Å². The van der Waals surface area contributed by atoms with Gasteiger partial charge in [0.25, 0.3) is 0 Å². The number of rotatable bonds is 0. The summed E-state index contributed by atoms with van der Waals surface area (Å²) in [7, 11) is 0. The van der Waals surface area contributed by atoms with Crippen molar-refractivity contribution >= 4 is 12.2 Å². The van der Waals surface area contributed by atoms with E-state index in [1.807, 2.05) is 0 Å². The van der Waals surface area contributed by atoms with Gasteiger partial charge in [0, 0.05) is 0 Å². The first-order chi connectivity index (χ1) is 12.6. The van der Waals surface area contributed by atoms with Crippen molar-refractivity contribution in [3.05, 3.63) is 34.9 Å². The summed E-state index contributed by atoms with van der Waals surface area (Å²) in [5.41, 5.74) is -1.68. The van der Waals surface area contributed by atoms with Gasteiger partial charge in [0.2, 0.25) is 0 Å². The Kier molecular flexibility index (Phi) is 5.60. The van der Waals surface area contributed by atoms with E-state index in [9.17, 15) is 22.8 Å². The Balaban J connectivity index is 2.40. The summed E-state index contributed by atoms with van der Waals surface area (Å²) in [6.45, 7) is 9.64. The second-order valence-corrected chi connectivity index (χ2v) is 8.56. The maximum absolute atomic E-state index is 13.0. The average molecular weight is 402 g/mol. The Morgan fingerprint density at radius 3 is 1.64 bits per heavy atom. The van der Waals surface area contributed by atoms with Crippen LogP contribution in [-0.2, 0) is 28.7 Å². The summed E-state index contributed by atoms with van der Waals surface area (Å²) in [5, 5.41) is 2.02. The quantitative estimate of drug-likeness (QED) is 0.605. The van der Waals surface area contributed by atoms with Gasteiger partial charge in [-0.1, -0.05) is 6.07 Å². The van der Waals surface area contributed by atoms with Crippen molar-refractivity contribution in [2.45, 2.75) is 72.0 Å². The minimum atomic E-state index is -4.51. The average Bonchev–Trinajstić information content (AvgIpc) is 2.48. The zero-order valence-corrected chi connectivity index (χ0v) is 16.8. The highest BCUT2D eigenvalue weighted by atomic mass is 19.4. The Bertz CT molecular complexity index is 764. The van der Waals surface area contributed by atoms with E-state index < -0.39 is 35.1 Å². The molecule has 1 heterocycles. The number of fused-ring (bicyclic) bond motifs is 1. The normalized spacial score (nSPS) is 15.2. The number of hydrogen-bond donors (Lipinski definition) is 0. The third kappa shape index (κ3) is 5.53. The van der Waals surface area contributed by atoms with Gasteiger partial charge >= 0.3 is 18.4 Å². The molecule has 0 radical (unpaired) electrons. The zero-order valence-electron chi connectivity index (χ0n) is 16.8. The van der Waals surface area contributed by atoms with E-state index in [4.69, 9.17) is 9.47 Å². The molecule has 1 aromatic rings. The van der Waals surface area contributed by atoms with Crippen molar-refractivity contribution in [2.75, 3.05) is 0 Å². The number of nitrogens with zero attached hydrogens (tertiary/aromatic N) is 2. The van der Waals surface area contributed by atoms with Crippen molar-refractivity contribution in [3.63, 3.8) is 0 Å². The molecular weight excluding hydrogens is 377 g/mol. The van der Waals surface area contributed by atoms with Crippen molar-refractivity contribution in [1.82, 2.24) is 10.0 Å². The summed E-state index contributed by atoms with van der Waals surface area (Å²) in [5.74, 6) is 0. The molecule has 9 heteroatoms. The van der Waals surface area contributed by atoms with Crippen molar-refractivity contribution in [3.8, 4) is 0 Å². The van der Waals surface area contributed by atoms with Crippen LogP contribution in [0.1, 0.15) is 58.2 Å². The summed E-state index contributed by atoms with van der Waals surface area (Å²) < 4.78 is 49.8. The van der Waals surface area contributed by atoms with Gasteiger partial charge in [0.05, 0.1) is 18.7 Å². The molecule has 28 heavy (non-hydrogen) atoms. The van der Waals surface area contributed by atoms with Gasteiger partial charge in [-0.2, -0.15) is 13.2 Å². The highest BCUT2D eigenvalue weighted by Gasteiger charge is 2.38.